The lowest BCUT2D eigenvalue weighted by Crippen LogP contribution is -2.58. The summed E-state index contributed by atoms with van der Waals surface area (Å²) in [7, 11) is 0. The van der Waals surface area contributed by atoms with Gasteiger partial charge in [-0.2, -0.15) is 0 Å². The highest BCUT2D eigenvalue weighted by molar-refractivity contribution is 9.10. The molecule has 0 aliphatic heterocycles. The van der Waals surface area contributed by atoms with E-state index in [1.54, 1.807) is 0 Å². The topological polar surface area (TPSA) is 20.2 Å². The van der Waals surface area contributed by atoms with Crippen molar-refractivity contribution in [3.8, 4) is 0 Å². The van der Waals surface area contributed by atoms with Crippen molar-refractivity contribution in [2.75, 3.05) is 0 Å². The van der Waals surface area contributed by atoms with E-state index in [9.17, 15) is 5.11 Å². The van der Waals surface area contributed by atoms with Gasteiger partial charge in [-0.05, 0) is 73.5 Å². The standard InChI is InChI=1S/C17H21BrO/c18-16-3-1-11(2-4-16)10-17(19)14-6-12-5-13(8-14)9-15(17)7-12/h1-4,12-15,19H,5-10H2. The van der Waals surface area contributed by atoms with Gasteiger partial charge in [0, 0.05) is 10.9 Å². The highest BCUT2D eigenvalue weighted by Gasteiger charge is 2.56. The predicted octanol–water partition coefficient (Wildman–Crippen LogP) is 4.18. The maximum absolute atomic E-state index is 11.3. The second-order valence-electron chi connectivity index (χ2n) is 7.10. The van der Waals surface area contributed by atoms with Crippen molar-refractivity contribution in [1.82, 2.24) is 0 Å². The van der Waals surface area contributed by atoms with Gasteiger partial charge in [0.25, 0.3) is 0 Å². The van der Waals surface area contributed by atoms with Crippen molar-refractivity contribution in [1.29, 1.82) is 0 Å². The molecule has 4 aliphatic rings. The summed E-state index contributed by atoms with van der Waals surface area (Å²) in [5.74, 6) is 2.97. The molecule has 0 radical (unpaired) electrons. The molecule has 0 saturated heterocycles. The Labute approximate surface area is 123 Å². The summed E-state index contributed by atoms with van der Waals surface area (Å²) in [6.07, 6.45) is 7.41. The molecular weight excluding hydrogens is 300 g/mol. The first-order valence-electron chi connectivity index (χ1n) is 7.60. The molecule has 0 spiro atoms. The van der Waals surface area contributed by atoms with Crippen molar-refractivity contribution in [2.24, 2.45) is 23.7 Å². The van der Waals surface area contributed by atoms with Gasteiger partial charge in [-0.25, -0.2) is 0 Å². The first-order valence-corrected chi connectivity index (χ1v) is 8.39. The van der Waals surface area contributed by atoms with Crippen LogP contribution in [0.3, 0.4) is 0 Å². The molecule has 0 heterocycles. The van der Waals surface area contributed by atoms with Gasteiger partial charge in [-0.3, -0.25) is 0 Å². The van der Waals surface area contributed by atoms with E-state index >= 15 is 0 Å². The largest absolute Gasteiger partial charge is 0.389 e. The lowest BCUT2D eigenvalue weighted by Gasteiger charge is -2.59. The fourth-order valence-electron chi connectivity index (χ4n) is 5.22. The van der Waals surface area contributed by atoms with Crippen molar-refractivity contribution >= 4 is 15.9 Å². The summed E-state index contributed by atoms with van der Waals surface area (Å²) < 4.78 is 1.12. The summed E-state index contributed by atoms with van der Waals surface area (Å²) >= 11 is 3.48. The molecule has 1 aromatic rings. The monoisotopic (exact) mass is 320 g/mol. The average molecular weight is 321 g/mol. The Bertz CT molecular complexity index is 451. The van der Waals surface area contributed by atoms with Crippen LogP contribution in [0.2, 0.25) is 0 Å². The van der Waals surface area contributed by atoms with Crippen molar-refractivity contribution in [2.45, 2.75) is 44.1 Å². The van der Waals surface area contributed by atoms with Crippen molar-refractivity contribution in [3.63, 3.8) is 0 Å². The Morgan fingerprint density at radius 1 is 0.947 bits per heavy atom. The minimum absolute atomic E-state index is 0.415. The number of aliphatic hydroxyl groups is 1. The van der Waals surface area contributed by atoms with Gasteiger partial charge >= 0.3 is 0 Å². The van der Waals surface area contributed by atoms with E-state index in [4.69, 9.17) is 0 Å². The van der Waals surface area contributed by atoms with E-state index < -0.39 is 5.60 Å². The van der Waals surface area contributed by atoms with Crippen LogP contribution in [-0.2, 0) is 6.42 Å². The molecule has 0 unspecified atom stereocenters. The number of halogens is 1. The minimum Gasteiger partial charge on any atom is -0.389 e. The van der Waals surface area contributed by atoms with Crippen LogP contribution >= 0.6 is 15.9 Å². The van der Waals surface area contributed by atoms with Crippen LogP contribution in [0.15, 0.2) is 28.7 Å². The zero-order valence-corrected chi connectivity index (χ0v) is 12.8. The molecule has 4 aliphatic carbocycles. The molecule has 1 nitrogen and oxygen atoms in total. The zero-order valence-electron chi connectivity index (χ0n) is 11.2. The SMILES string of the molecule is OC1(Cc2ccc(Br)cc2)C2CC3CC(C2)CC1C3. The van der Waals surface area contributed by atoms with E-state index in [2.05, 4.69) is 40.2 Å². The average Bonchev–Trinajstić information content (AvgIpc) is 2.38. The van der Waals surface area contributed by atoms with E-state index in [0.29, 0.717) is 11.8 Å². The van der Waals surface area contributed by atoms with Crippen molar-refractivity contribution < 1.29 is 5.11 Å². The van der Waals surface area contributed by atoms with Gasteiger partial charge in [-0.15, -0.1) is 0 Å². The summed E-state index contributed by atoms with van der Waals surface area (Å²) in [5.41, 5.74) is 0.875. The highest BCUT2D eigenvalue weighted by atomic mass is 79.9. The molecule has 19 heavy (non-hydrogen) atoms. The van der Waals surface area contributed by atoms with Gasteiger partial charge in [0.2, 0.25) is 0 Å². The Morgan fingerprint density at radius 2 is 1.47 bits per heavy atom. The molecule has 1 aromatic carbocycles. The first kappa shape index (κ1) is 12.4. The van der Waals surface area contributed by atoms with Crippen LogP contribution in [0.4, 0.5) is 0 Å². The zero-order chi connectivity index (χ0) is 13.0. The van der Waals surface area contributed by atoms with E-state index in [0.717, 1.165) is 22.7 Å². The Hall–Kier alpha value is -0.340. The molecule has 2 heteroatoms. The smallest absolute Gasteiger partial charge is 0.0744 e. The minimum atomic E-state index is -0.415. The van der Waals surface area contributed by atoms with Gasteiger partial charge in [0.05, 0.1) is 5.60 Å². The molecule has 0 aromatic heterocycles. The lowest BCUT2D eigenvalue weighted by molar-refractivity contribution is -0.171. The Kier molecular flexibility index (Phi) is 2.82. The highest BCUT2D eigenvalue weighted by Crippen LogP contribution is 2.59. The van der Waals surface area contributed by atoms with Gasteiger partial charge in [0.1, 0.15) is 0 Å². The molecule has 5 rings (SSSR count). The number of benzene rings is 1. The summed E-state index contributed by atoms with van der Waals surface area (Å²) in [6, 6.07) is 8.50. The molecule has 4 fully saturated rings. The van der Waals surface area contributed by atoms with Crippen LogP contribution in [0.25, 0.3) is 0 Å². The van der Waals surface area contributed by atoms with Crippen LogP contribution in [0, 0.1) is 23.7 Å². The summed E-state index contributed by atoms with van der Waals surface area (Å²) in [6.45, 7) is 0. The maximum Gasteiger partial charge on any atom is 0.0744 e. The predicted molar refractivity (Wildman–Crippen MR) is 79.8 cm³/mol. The molecule has 4 saturated carbocycles. The molecular formula is C17H21BrO. The number of hydrogen-bond acceptors (Lipinski definition) is 1. The summed E-state index contributed by atoms with van der Waals surface area (Å²) in [5, 5.41) is 11.3. The maximum atomic E-state index is 11.3. The molecule has 1 N–H and O–H groups in total. The number of hydrogen-bond donors (Lipinski definition) is 1. The third-order valence-corrected chi connectivity index (χ3v) is 6.48. The fraction of sp³-hybridized carbons (Fsp3) is 0.647. The second kappa shape index (κ2) is 4.33. The lowest BCUT2D eigenvalue weighted by atomic mass is 9.49. The Balaban J connectivity index is 1.61. The third kappa shape index (κ3) is 1.99. The van der Waals surface area contributed by atoms with Gasteiger partial charge in [0.15, 0.2) is 0 Å². The molecule has 0 atom stereocenters. The number of rotatable bonds is 2. The van der Waals surface area contributed by atoms with Crippen LogP contribution < -0.4 is 0 Å². The van der Waals surface area contributed by atoms with E-state index in [1.807, 2.05) is 0 Å². The van der Waals surface area contributed by atoms with E-state index in [-0.39, 0.29) is 0 Å². The van der Waals surface area contributed by atoms with Crippen molar-refractivity contribution in [3.05, 3.63) is 34.3 Å². The third-order valence-electron chi connectivity index (χ3n) is 5.95. The molecule has 102 valence electrons. The quantitative estimate of drug-likeness (QED) is 0.866. The fourth-order valence-corrected chi connectivity index (χ4v) is 5.48. The Morgan fingerprint density at radius 3 is 2.00 bits per heavy atom. The molecule has 4 bridgehead atoms. The van der Waals surface area contributed by atoms with E-state index in [1.165, 1.54) is 37.7 Å². The van der Waals surface area contributed by atoms with Crippen LogP contribution in [0.1, 0.15) is 37.7 Å². The summed E-state index contributed by atoms with van der Waals surface area (Å²) in [4.78, 5) is 0. The van der Waals surface area contributed by atoms with Gasteiger partial charge in [-0.1, -0.05) is 28.1 Å². The first-order chi connectivity index (χ1) is 9.13. The molecule has 0 amide bonds. The van der Waals surface area contributed by atoms with Crippen LogP contribution in [0.5, 0.6) is 0 Å². The van der Waals surface area contributed by atoms with Gasteiger partial charge < -0.3 is 5.11 Å². The normalized spacial score (nSPS) is 43.7. The second-order valence-corrected chi connectivity index (χ2v) is 8.01. The van der Waals surface area contributed by atoms with Crippen LogP contribution in [-0.4, -0.2) is 10.7 Å².